The van der Waals surface area contributed by atoms with Crippen LogP contribution in [-0.2, 0) is 0 Å². The van der Waals surface area contributed by atoms with Crippen molar-refractivity contribution in [3.8, 4) is 0 Å². The van der Waals surface area contributed by atoms with E-state index in [9.17, 15) is 5.11 Å². The Morgan fingerprint density at radius 1 is 1.15 bits per heavy atom. The molecule has 0 aliphatic carbocycles. The van der Waals surface area contributed by atoms with Crippen LogP contribution in [0.2, 0.25) is 0 Å². The molecule has 154 valence electrons. The molecule has 0 aromatic heterocycles. The predicted octanol–water partition coefficient (Wildman–Crippen LogP) is 3.06. The van der Waals surface area contributed by atoms with Gasteiger partial charge in [-0.25, -0.2) is 0 Å². The number of aliphatic imine (C=N–C) groups is 1. The second-order valence-corrected chi connectivity index (χ2v) is 7.45. The summed E-state index contributed by atoms with van der Waals surface area (Å²) in [7, 11) is 0. The fourth-order valence-electron chi connectivity index (χ4n) is 3.58. The summed E-state index contributed by atoms with van der Waals surface area (Å²) in [5.41, 5.74) is 1.15. The minimum Gasteiger partial charge on any atom is -0.396 e. The molecule has 1 fully saturated rings. The first-order valence-electron chi connectivity index (χ1n) is 10.1. The lowest BCUT2D eigenvalue weighted by Crippen LogP contribution is -2.43. The number of hydrogen-bond acceptors (Lipinski definition) is 3. The maximum Gasteiger partial charge on any atom is 0.191 e. The second-order valence-electron chi connectivity index (χ2n) is 7.45. The van der Waals surface area contributed by atoms with Crippen LogP contribution in [0.1, 0.15) is 45.1 Å². The van der Waals surface area contributed by atoms with Crippen LogP contribution in [-0.4, -0.2) is 61.3 Å². The highest BCUT2D eigenvalue weighted by molar-refractivity contribution is 14.0. The van der Waals surface area contributed by atoms with Gasteiger partial charge in [-0.2, -0.15) is 0 Å². The first-order valence-corrected chi connectivity index (χ1v) is 10.1. The van der Waals surface area contributed by atoms with E-state index in [1.54, 1.807) is 0 Å². The van der Waals surface area contributed by atoms with Crippen LogP contribution in [0.3, 0.4) is 0 Å². The predicted molar refractivity (Wildman–Crippen MR) is 125 cm³/mol. The third kappa shape index (κ3) is 7.95. The fraction of sp³-hybridized carbons (Fsp3) is 0.667. The maximum absolute atomic E-state index is 9.75. The lowest BCUT2D eigenvalue weighted by molar-refractivity contribution is 0.197. The summed E-state index contributed by atoms with van der Waals surface area (Å²) in [5, 5.41) is 16.5. The topological polar surface area (TPSA) is 59.9 Å². The van der Waals surface area contributed by atoms with E-state index in [4.69, 9.17) is 4.99 Å². The van der Waals surface area contributed by atoms with E-state index in [-0.39, 0.29) is 36.5 Å². The Bertz CT molecular complexity index is 532. The van der Waals surface area contributed by atoms with Gasteiger partial charge in [0.2, 0.25) is 0 Å². The zero-order valence-corrected chi connectivity index (χ0v) is 19.4. The summed E-state index contributed by atoms with van der Waals surface area (Å²) in [6.45, 7) is 11.5. The molecule has 1 aliphatic rings. The Morgan fingerprint density at radius 2 is 1.81 bits per heavy atom. The normalized spacial score (nSPS) is 17.4. The molecule has 2 rings (SSSR count). The number of aliphatic hydroxyl groups is 1. The molecule has 2 unspecified atom stereocenters. The Balaban J connectivity index is 0.00000364. The van der Waals surface area contributed by atoms with Crippen LogP contribution in [0.5, 0.6) is 0 Å². The third-order valence-corrected chi connectivity index (χ3v) is 5.17. The number of hydrogen-bond donors (Lipinski definition) is 3. The van der Waals surface area contributed by atoms with E-state index in [1.165, 1.54) is 25.9 Å². The number of guanidine groups is 1. The van der Waals surface area contributed by atoms with E-state index in [0.717, 1.165) is 24.6 Å². The molecule has 0 bridgehead atoms. The Morgan fingerprint density at radius 3 is 2.37 bits per heavy atom. The standard InChI is InChI=1S/C21H36N4O.HI/c1-4-22-21(23-14-19(16-26)18-10-6-5-7-11-18)24-15-20(17(2)3)25-12-8-9-13-25;/h5-7,10-11,17,19-20,26H,4,8-9,12-16H2,1-3H3,(H2,22,23,24);1H. The summed E-state index contributed by atoms with van der Waals surface area (Å²) in [6.07, 6.45) is 2.61. The largest absolute Gasteiger partial charge is 0.396 e. The minimum absolute atomic E-state index is 0. The summed E-state index contributed by atoms with van der Waals surface area (Å²) in [5.74, 6) is 1.50. The van der Waals surface area contributed by atoms with E-state index >= 15 is 0 Å². The molecule has 27 heavy (non-hydrogen) atoms. The first-order chi connectivity index (χ1) is 12.7. The molecule has 0 amide bonds. The summed E-state index contributed by atoms with van der Waals surface area (Å²) < 4.78 is 0. The fourth-order valence-corrected chi connectivity index (χ4v) is 3.58. The molecule has 0 spiro atoms. The van der Waals surface area contributed by atoms with Crippen molar-refractivity contribution in [1.82, 2.24) is 15.5 Å². The van der Waals surface area contributed by atoms with Crippen molar-refractivity contribution in [2.75, 3.05) is 39.3 Å². The van der Waals surface area contributed by atoms with Gasteiger partial charge in [0.1, 0.15) is 0 Å². The summed E-state index contributed by atoms with van der Waals surface area (Å²) >= 11 is 0. The van der Waals surface area contributed by atoms with Gasteiger partial charge < -0.3 is 15.7 Å². The van der Waals surface area contributed by atoms with E-state index in [2.05, 4.69) is 48.4 Å². The molecule has 5 nitrogen and oxygen atoms in total. The highest BCUT2D eigenvalue weighted by Gasteiger charge is 2.24. The van der Waals surface area contributed by atoms with Crippen molar-refractivity contribution < 1.29 is 5.11 Å². The highest BCUT2D eigenvalue weighted by Crippen LogP contribution is 2.18. The van der Waals surface area contributed by atoms with Crippen molar-refractivity contribution in [2.24, 2.45) is 10.9 Å². The molecular formula is C21H37IN4O. The van der Waals surface area contributed by atoms with Crippen LogP contribution in [0.15, 0.2) is 35.3 Å². The summed E-state index contributed by atoms with van der Waals surface area (Å²) in [6, 6.07) is 10.7. The summed E-state index contributed by atoms with van der Waals surface area (Å²) in [4.78, 5) is 7.43. The van der Waals surface area contributed by atoms with Crippen molar-refractivity contribution in [2.45, 2.75) is 45.6 Å². The van der Waals surface area contributed by atoms with E-state index in [1.807, 2.05) is 18.2 Å². The second kappa shape index (κ2) is 13.3. The SMILES string of the molecule is CCNC(=NCC(C(C)C)N1CCCC1)NCC(CO)c1ccccc1.I. The van der Waals surface area contributed by atoms with Crippen molar-refractivity contribution in [3.05, 3.63) is 35.9 Å². The van der Waals surface area contributed by atoms with Gasteiger partial charge in [0, 0.05) is 25.0 Å². The van der Waals surface area contributed by atoms with Crippen LogP contribution in [0.25, 0.3) is 0 Å². The Hall–Kier alpha value is -0.860. The number of likely N-dealkylation sites (tertiary alicyclic amines) is 1. The number of nitrogens with zero attached hydrogens (tertiary/aromatic N) is 2. The average molecular weight is 488 g/mol. The van der Waals surface area contributed by atoms with Crippen LogP contribution in [0, 0.1) is 5.92 Å². The Kier molecular flexibility index (Phi) is 11.9. The number of halogens is 1. The van der Waals surface area contributed by atoms with Crippen molar-refractivity contribution in [3.63, 3.8) is 0 Å². The monoisotopic (exact) mass is 488 g/mol. The van der Waals surface area contributed by atoms with E-state index in [0.29, 0.717) is 18.5 Å². The number of nitrogens with one attached hydrogen (secondary N) is 2. The molecule has 1 aromatic rings. The lowest BCUT2D eigenvalue weighted by atomic mass is 10.0. The van der Waals surface area contributed by atoms with Gasteiger partial charge in [0.25, 0.3) is 0 Å². The van der Waals surface area contributed by atoms with Crippen LogP contribution < -0.4 is 10.6 Å². The number of aliphatic hydroxyl groups excluding tert-OH is 1. The zero-order chi connectivity index (χ0) is 18.8. The third-order valence-electron chi connectivity index (χ3n) is 5.17. The molecule has 1 heterocycles. The quantitative estimate of drug-likeness (QED) is 0.284. The highest BCUT2D eigenvalue weighted by atomic mass is 127. The average Bonchev–Trinajstić information content (AvgIpc) is 3.17. The zero-order valence-electron chi connectivity index (χ0n) is 17.0. The maximum atomic E-state index is 9.75. The molecule has 1 aliphatic heterocycles. The molecule has 1 aromatic carbocycles. The molecule has 2 atom stereocenters. The molecular weight excluding hydrogens is 451 g/mol. The van der Waals surface area contributed by atoms with Crippen LogP contribution in [0.4, 0.5) is 0 Å². The van der Waals surface area contributed by atoms with Gasteiger partial charge >= 0.3 is 0 Å². The first kappa shape index (κ1) is 24.2. The Labute approximate surface area is 182 Å². The van der Waals surface area contributed by atoms with Gasteiger partial charge in [0.15, 0.2) is 5.96 Å². The van der Waals surface area contributed by atoms with Gasteiger partial charge in [-0.05, 0) is 44.3 Å². The molecule has 6 heteroatoms. The van der Waals surface area contributed by atoms with Gasteiger partial charge in [-0.1, -0.05) is 44.2 Å². The molecule has 3 N–H and O–H groups in total. The van der Waals surface area contributed by atoms with Gasteiger partial charge in [-0.3, -0.25) is 9.89 Å². The molecule has 0 saturated carbocycles. The van der Waals surface area contributed by atoms with Gasteiger partial charge in [-0.15, -0.1) is 24.0 Å². The molecule has 1 saturated heterocycles. The lowest BCUT2D eigenvalue weighted by Gasteiger charge is -2.29. The van der Waals surface area contributed by atoms with Crippen LogP contribution >= 0.6 is 24.0 Å². The van der Waals surface area contributed by atoms with Crippen molar-refractivity contribution in [1.29, 1.82) is 0 Å². The van der Waals surface area contributed by atoms with Gasteiger partial charge in [0.05, 0.1) is 13.2 Å². The minimum atomic E-state index is 0. The molecule has 0 radical (unpaired) electrons. The smallest absolute Gasteiger partial charge is 0.191 e. The number of rotatable bonds is 9. The van der Waals surface area contributed by atoms with E-state index < -0.39 is 0 Å². The van der Waals surface area contributed by atoms with Crippen molar-refractivity contribution >= 4 is 29.9 Å². The number of benzene rings is 1.